The Bertz CT molecular complexity index is 187. The lowest BCUT2D eigenvalue weighted by molar-refractivity contribution is 0.230. The summed E-state index contributed by atoms with van der Waals surface area (Å²) in [6, 6.07) is 0. The Morgan fingerprint density at radius 3 is 2.31 bits per heavy atom. The Balaban J connectivity index is 3.70. The fourth-order valence-corrected chi connectivity index (χ4v) is 1.85. The molecular weight excluding hydrogens is 190 g/mol. The highest BCUT2D eigenvalue weighted by molar-refractivity contribution is 7.53. The van der Waals surface area contributed by atoms with E-state index in [1.807, 2.05) is 20.8 Å². The molecule has 0 rings (SSSR count). The predicted octanol–water partition coefficient (Wildman–Crippen LogP) is 4.01. The zero-order valence-electron chi connectivity index (χ0n) is 8.97. The Morgan fingerprint density at radius 2 is 1.92 bits per heavy atom. The summed E-state index contributed by atoms with van der Waals surface area (Å²) in [6.07, 6.45) is 1.32. The maximum atomic E-state index is 13.0. The number of hydrogen-bond acceptors (Lipinski definition) is 2. The number of halogens is 1. The molecule has 4 heteroatoms. The van der Waals surface area contributed by atoms with Crippen molar-refractivity contribution in [3.63, 3.8) is 0 Å². The first-order chi connectivity index (χ1) is 5.77. The summed E-state index contributed by atoms with van der Waals surface area (Å²) in [4.78, 5) is 0. The topological polar surface area (TPSA) is 26.3 Å². The van der Waals surface area contributed by atoms with E-state index in [9.17, 15) is 8.76 Å². The van der Waals surface area contributed by atoms with Crippen molar-refractivity contribution in [3.05, 3.63) is 0 Å². The molecular formula is C9H20FO2P. The number of hydrogen-bond donors (Lipinski definition) is 0. The van der Waals surface area contributed by atoms with Crippen LogP contribution in [0.5, 0.6) is 0 Å². The average Bonchev–Trinajstić information content (AvgIpc) is 1.82. The molecule has 0 saturated heterocycles. The van der Waals surface area contributed by atoms with Crippen molar-refractivity contribution in [2.24, 2.45) is 5.41 Å². The molecule has 0 spiro atoms. The zero-order valence-corrected chi connectivity index (χ0v) is 9.86. The molecule has 0 fully saturated rings. The van der Waals surface area contributed by atoms with Crippen molar-refractivity contribution >= 4 is 7.68 Å². The Morgan fingerprint density at radius 1 is 1.38 bits per heavy atom. The lowest BCUT2D eigenvalue weighted by Crippen LogP contribution is -2.08. The van der Waals surface area contributed by atoms with Gasteiger partial charge in [0.2, 0.25) is 0 Å². The lowest BCUT2D eigenvalue weighted by atomic mass is 9.93. The van der Waals surface area contributed by atoms with Crippen LogP contribution in [0.4, 0.5) is 4.20 Å². The van der Waals surface area contributed by atoms with Crippen LogP contribution in [0.25, 0.3) is 0 Å². The summed E-state index contributed by atoms with van der Waals surface area (Å²) in [7, 11) is -3.78. The van der Waals surface area contributed by atoms with Gasteiger partial charge in [0, 0.05) is 0 Å². The molecule has 0 aromatic carbocycles. The van der Waals surface area contributed by atoms with Gasteiger partial charge in [-0.25, -0.2) is 0 Å². The molecule has 13 heavy (non-hydrogen) atoms. The fourth-order valence-electron chi connectivity index (χ4n) is 0.820. The summed E-state index contributed by atoms with van der Waals surface area (Å²) in [5.74, 6) is 0. The van der Waals surface area contributed by atoms with Crippen molar-refractivity contribution in [1.29, 1.82) is 0 Å². The van der Waals surface area contributed by atoms with Crippen LogP contribution in [0.1, 0.15) is 40.5 Å². The van der Waals surface area contributed by atoms with Gasteiger partial charge in [-0.3, -0.25) is 4.57 Å². The van der Waals surface area contributed by atoms with Gasteiger partial charge in [-0.15, -0.1) is 0 Å². The first-order valence-corrected chi connectivity index (χ1v) is 6.40. The summed E-state index contributed by atoms with van der Waals surface area (Å²) in [5.41, 5.74) is 0.103. The van der Waals surface area contributed by atoms with Crippen LogP contribution in [0, 0.1) is 5.41 Å². The van der Waals surface area contributed by atoms with Gasteiger partial charge in [-0.1, -0.05) is 27.7 Å². The second-order valence-corrected chi connectivity index (χ2v) is 6.34. The highest BCUT2D eigenvalue weighted by atomic mass is 31.2. The van der Waals surface area contributed by atoms with Gasteiger partial charge in [0.05, 0.1) is 12.8 Å². The number of rotatable bonds is 5. The van der Waals surface area contributed by atoms with Crippen molar-refractivity contribution < 1.29 is 13.3 Å². The van der Waals surface area contributed by atoms with E-state index in [4.69, 9.17) is 4.52 Å². The van der Waals surface area contributed by atoms with Crippen LogP contribution in [-0.2, 0) is 9.09 Å². The zero-order chi connectivity index (χ0) is 10.5. The molecule has 0 aliphatic carbocycles. The molecule has 2 nitrogen and oxygen atoms in total. The van der Waals surface area contributed by atoms with E-state index in [1.54, 1.807) is 6.92 Å². The largest absolute Gasteiger partial charge is 0.367 e. The van der Waals surface area contributed by atoms with Crippen LogP contribution >= 0.6 is 7.68 Å². The van der Waals surface area contributed by atoms with Crippen molar-refractivity contribution in [2.75, 3.05) is 12.8 Å². The van der Waals surface area contributed by atoms with Gasteiger partial charge in [-0.2, -0.15) is 4.20 Å². The van der Waals surface area contributed by atoms with Crippen LogP contribution in [0.2, 0.25) is 0 Å². The summed E-state index contributed by atoms with van der Waals surface area (Å²) in [6.45, 7) is 8.16. The van der Waals surface area contributed by atoms with Crippen LogP contribution in [0.15, 0.2) is 0 Å². The second-order valence-electron chi connectivity index (χ2n) is 4.46. The van der Waals surface area contributed by atoms with E-state index in [0.29, 0.717) is 6.42 Å². The quantitative estimate of drug-likeness (QED) is 0.641. The SMILES string of the molecule is CCCP(=O)(F)OCCC(C)(C)C. The van der Waals surface area contributed by atoms with Gasteiger partial charge in [0.1, 0.15) is 0 Å². The minimum Gasteiger partial charge on any atom is -0.306 e. The molecule has 0 N–H and O–H groups in total. The fraction of sp³-hybridized carbons (Fsp3) is 1.00. The Kier molecular flexibility index (Phi) is 5.16. The maximum Gasteiger partial charge on any atom is 0.367 e. The smallest absolute Gasteiger partial charge is 0.306 e. The average molecular weight is 210 g/mol. The van der Waals surface area contributed by atoms with E-state index in [-0.39, 0.29) is 18.2 Å². The third kappa shape index (κ3) is 8.45. The molecule has 80 valence electrons. The van der Waals surface area contributed by atoms with Gasteiger partial charge >= 0.3 is 7.68 Å². The van der Waals surface area contributed by atoms with Crippen molar-refractivity contribution in [3.8, 4) is 0 Å². The minimum atomic E-state index is -3.78. The second kappa shape index (κ2) is 5.11. The molecule has 1 atom stereocenters. The lowest BCUT2D eigenvalue weighted by Gasteiger charge is -2.18. The molecule has 0 aliphatic heterocycles. The standard InChI is InChI=1S/C9H20FO2P/c1-5-8-13(10,11)12-7-6-9(2,3)4/h5-8H2,1-4H3. The highest BCUT2D eigenvalue weighted by Crippen LogP contribution is 2.49. The molecule has 0 radical (unpaired) electrons. The predicted molar refractivity (Wildman–Crippen MR) is 53.9 cm³/mol. The normalized spacial score (nSPS) is 17.0. The molecule has 0 heterocycles. The first-order valence-electron chi connectivity index (χ1n) is 4.70. The molecule has 0 aromatic heterocycles. The summed E-state index contributed by atoms with van der Waals surface area (Å²) in [5, 5.41) is 0. The van der Waals surface area contributed by atoms with E-state index in [0.717, 1.165) is 6.42 Å². The third-order valence-electron chi connectivity index (χ3n) is 1.63. The highest BCUT2D eigenvalue weighted by Gasteiger charge is 2.21. The molecule has 0 bridgehead atoms. The van der Waals surface area contributed by atoms with Crippen molar-refractivity contribution in [2.45, 2.75) is 40.5 Å². The summed E-state index contributed by atoms with van der Waals surface area (Å²) < 4.78 is 28.7. The molecule has 0 saturated carbocycles. The summed E-state index contributed by atoms with van der Waals surface area (Å²) >= 11 is 0. The Labute approximate surface area is 80.4 Å². The minimum absolute atomic E-state index is 0.0388. The van der Waals surface area contributed by atoms with E-state index < -0.39 is 7.68 Å². The van der Waals surface area contributed by atoms with Gasteiger partial charge in [-0.05, 0) is 18.3 Å². The molecule has 1 unspecified atom stereocenters. The third-order valence-corrected chi connectivity index (χ3v) is 3.18. The van der Waals surface area contributed by atoms with Crippen molar-refractivity contribution in [1.82, 2.24) is 0 Å². The molecule has 0 aliphatic rings. The van der Waals surface area contributed by atoms with E-state index in [2.05, 4.69) is 0 Å². The van der Waals surface area contributed by atoms with Gasteiger partial charge in [0.15, 0.2) is 0 Å². The molecule has 0 aromatic rings. The van der Waals surface area contributed by atoms with E-state index >= 15 is 0 Å². The maximum absolute atomic E-state index is 13.0. The van der Waals surface area contributed by atoms with E-state index in [1.165, 1.54) is 0 Å². The monoisotopic (exact) mass is 210 g/mol. The van der Waals surface area contributed by atoms with Gasteiger partial charge < -0.3 is 4.52 Å². The van der Waals surface area contributed by atoms with Crippen LogP contribution in [-0.4, -0.2) is 12.8 Å². The molecule has 0 amide bonds. The van der Waals surface area contributed by atoms with Gasteiger partial charge in [0.25, 0.3) is 0 Å². The van der Waals surface area contributed by atoms with Crippen LogP contribution < -0.4 is 0 Å². The van der Waals surface area contributed by atoms with Crippen LogP contribution in [0.3, 0.4) is 0 Å². The first kappa shape index (κ1) is 13.1. The Hall–Kier alpha value is 0.120.